The Morgan fingerprint density at radius 2 is 2.21 bits per heavy atom. The van der Waals surface area contributed by atoms with Crippen LogP contribution >= 0.6 is 0 Å². The summed E-state index contributed by atoms with van der Waals surface area (Å²) < 4.78 is 6.10. The fourth-order valence-electron chi connectivity index (χ4n) is 1.20. The van der Waals surface area contributed by atoms with E-state index in [0.717, 1.165) is 0 Å². The van der Waals surface area contributed by atoms with Gasteiger partial charge in [-0.25, -0.2) is 0 Å². The molecule has 2 rings (SSSR count). The van der Waals surface area contributed by atoms with Crippen LogP contribution < -0.4 is 16.0 Å². The Balaban J connectivity index is 2.91. The molecule has 0 spiro atoms. The fourth-order valence-corrected chi connectivity index (χ4v) is 1.20. The van der Waals surface area contributed by atoms with Gasteiger partial charge in [-0.2, -0.15) is 14.5 Å². The summed E-state index contributed by atoms with van der Waals surface area (Å²) in [5, 5.41) is 2.57. The van der Waals surface area contributed by atoms with Crippen molar-refractivity contribution in [2.45, 2.75) is 6.92 Å². The molecule has 0 aromatic carbocycles. The average molecular weight is 195 g/mol. The number of hydrogen-bond acceptors (Lipinski definition) is 5. The summed E-state index contributed by atoms with van der Waals surface area (Å²) in [6.07, 6.45) is 0. The number of nitrogens with zero attached hydrogens (tertiary/aromatic N) is 3. The number of hydrogen-bond donors (Lipinski definition) is 2. The van der Waals surface area contributed by atoms with E-state index < -0.39 is 0 Å². The maximum absolute atomic E-state index is 11.6. The molecule has 7 nitrogen and oxygen atoms in total. The van der Waals surface area contributed by atoms with Crippen molar-refractivity contribution >= 4 is 11.7 Å². The molecule has 0 atom stereocenters. The van der Waals surface area contributed by atoms with E-state index in [-0.39, 0.29) is 23.2 Å². The van der Waals surface area contributed by atoms with Crippen molar-refractivity contribution in [2.75, 3.05) is 12.8 Å². The summed E-state index contributed by atoms with van der Waals surface area (Å²) in [5.41, 5.74) is 5.54. The van der Waals surface area contributed by atoms with E-state index >= 15 is 0 Å². The van der Waals surface area contributed by atoms with Gasteiger partial charge in [-0.1, -0.05) is 0 Å². The largest absolute Gasteiger partial charge is 0.481 e. The highest BCUT2D eigenvalue weighted by Crippen LogP contribution is 2.09. The van der Waals surface area contributed by atoms with E-state index in [1.807, 2.05) is 0 Å². The zero-order chi connectivity index (χ0) is 10.3. The molecule has 0 unspecified atom stereocenters. The Bertz CT molecular complexity index is 541. The van der Waals surface area contributed by atoms with Crippen molar-refractivity contribution in [1.82, 2.24) is 19.6 Å². The lowest BCUT2D eigenvalue weighted by molar-refractivity contribution is 0.393. The molecule has 0 bridgehead atoms. The number of nitrogens with one attached hydrogen (secondary N) is 1. The van der Waals surface area contributed by atoms with Crippen LogP contribution in [0.25, 0.3) is 5.78 Å². The van der Waals surface area contributed by atoms with Gasteiger partial charge in [-0.05, 0) is 6.92 Å². The van der Waals surface area contributed by atoms with Crippen molar-refractivity contribution in [3.8, 4) is 5.88 Å². The van der Waals surface area contributed by atoms with Crippen LogP contribution in [-0.4, -0.2) is 26.7 Å². The Morgan fingerprint density at radius 1 is 1.50 bits per heavy atom. The standard InChI is InChI=1S/C7H9N5O2/c1-3-4(14-2)9-7-10-6(8)11-12(7)5(3)13/h1-2H3,(H3,8,9,10,11). The van der Waals surface area contributed by atoms with Gasteiger partial charge in [0.2, 0.25) is 11.8 Å². The van der Waals surface area contributed by atoms with E-state index in [2.05, 4.69) is 15.1 Å². The van der Waals surface area contributed by atoms with Gasteiger partial charge >= 0.3 is 0 Å². The first-order valence-corrected chi connectivity index (χ1v) is 3.92. The number of anilines is 1. The van der Waals surface area contributed by atoms with E-state index in [4.69, 9.17) is 10.5 Å². The lowest BCUT2D eigenvalue weighted by Gasteiger charge is -2.01. The molecule has 74 valence electrons. The van der Waals surface area contributed by atoms with Crippen LogP contribution in [0, 0.1) is 6.92 Å². The van der Waals surface area contributed by atoms with Crippen LogP contribution in [0.4, 0.5) is 5.95 Å². The lowest BCUT2D eigenvalue weighted by atomic mass is 10.4. The molecule has 0 aliphatic heterocycles. The molecule has 3 N–H and O–H groups in total. The zero-order valence-corrected chi connectivity index (χ0v) is 7.74. The van der Waals surface area contributed by atoms with E-state index in [9.17, 15) is 4.79 Å². The first kappa shape index (κ1) is 8.54. The number of aromatic amines is 1. The van der Waals surface area contributed by atoms with Crippen LogP contribution in [0.2, 0.25) is 0 Å². The van der Waals surface area contributed by atoms with Gasteiger partial charge < -0.3 is 10.5 Å². The molecule has 0 radical (unpaired) electrons. The second-order valence-corrected chi connectivity index (χ2v) is 2.80. The van der Waals surface area contributed by atoms with Gasteiger partial charge in [0, 0.05) is 0 Å². The first-order valence-electron chi connectivity index (χ1n) is 3.92. The highest BCUT2D eigenvalue weighted by Gasteiger charge is 2.11. The number of aromatic nitrogens is 4. The molecule has 0 aliphatic rings. The van der Waals surface area contributed by atoms with E-state index in [1.54, 1.807) is 6.92 Å². The highest BCUT2D eigenvalue weighted by atomic mass is 16.5. The Labute approximate surface area is 78.5 Å². The summed E-state index contributed by atoms with van der Waals surface area (Å²) >= 11 is 0. The molecular formula is C7H9N5O2. The van der Waals surface area contributed by atoms with Crippen molar-refractivity contribution < 1.29 is 4.74 Å². The van der Waals surface area contributed by atoms with Gasteiger partial charge in [0.05, 0.1) is 12.7 Å². The molecule has 7 heteroatoms. The van der Waals surface area contributed by atoms with Gasteiger partial charge in [0.15, 0.2) is 0 Å². The molecule has 0 saturated carbocycles. The maximum Gasteiger partial charge on any atom is 0.280 e. The Kier molecular flexibility index (Phi) is 1.66. The summed E-state index contributed by atoms with van der Waals surface area (Å²) in [5.74, 6) is 0.610. The molecular weight excluding hydrogens is 186 g/mol. The third-order valence-corrected chi connectivity index (χ3v) is 1.89. The van der Waals surface area contributed by atoms with Crippen LogP contribution in [0.15, 0.2) is 4.79 Å². The predicted octanol–water partition coefficient (Wildman–Crippen LogP) is -0.683. The molecule has 0 saturated heterocycles. The third-order valence-electron chi connectivity index (χ3n) is 1.89. The van der Waals surface area contributed by atoms with Crippen LogP contribution in [-0.2, 0) is 0 Å². The number of nitrogen functional groups attached to an aromatic ring is 1. The van der Waals surface area contributed by atoms with Crippen molar-refractivity contribution in [1.29, 1.82) is 0 Å². The number of rotatable bonds is 1. The SMILES string of the molecule is COc1nc2nc(N)[nH]n2c(=O)c1C. The fraction of sp³-hybridized carbons (Fsp3) is 0.286. The minimum absolute atomic E-state index is 0.141. The topological polar surface area (TPSA) is 98.3 Å². The quantitative estimate of drug-likeness (QED) is 0.628. The minimum Gasteiger partial charge on any atom is -0.481 e. The monoisotopic (exact) mass is 195 g/mol. The maximum atomic E-state index is 11.6. The van der Waals surface area contributed by atoms with Crippen molar-refractivity contribution in [2.24, 2.45) is 0 Å². The smallest absolute Gasteiger partial charge is 0.280 e. The van der Waals surface area contributed by atoms with Gasteiger partial charge in [0.1, 0.15) is 0 Å². The molecule has 2 aromatic heterocycles. The van der Waals surface area contributed by atoms with Gasteiger partial charge in [-0.3, -0.25) is 9.89 Å². The number of ether oxygens (including phenoxy) is 1. The number of fused-ring (bicyclic) bond motifs is 1. The van der Waals surface area contributed by atoms with Crippen LogP contribution in [0.1, 0.15) is 5.56 Å². The highest BCUT2D eigenvalue weighted by molar-refractivity contribution is 5.38. The Morgan fingerprint density at radius 3 is 2.86 bits per heavy atom. The summed E-state index contributed by atoms with van der Waals surface area (Å²) in [7, 11) is 1.45. The van der Waals surface area contributed by atoms with E-state index in [1.165, 1.54) is 11.6 Å². The number of H-pyrrole nitrogens is 1. The number of nitrogens with two attached hydrogens (primary N) is 1. The Hall–Kier alpha value is -2.05. The molecule has 0 fully saturated rings. The van der Waals surface area contributed by atoms with Gasteiger partial charge in [-0.15, -0.1) is 0 Å². The first-order chi connectivity index (χ1) is 6.63. The van der Waals surface area contributed by atoms with Crippen LogP contribution in [0.3, 0.4) is 0 Å². The molecule has 0 amide bonds. The van der Waals surface area contributed by atoms with Crippen LogP contribution in [0.5, 0.6) is 5.88 Å². The zero-order valence-electron chi connectivity index (χ0n) is 7.74. The lowest BCUT2D eigenvalue weighted by Crippen LogP contribution is -2.19. The molecule has 2 heterocycles. The minimum atomic E-state index is -0.268. The normalized spacial score (nSPS) is 10.7. The number of methoxy groups -OCH3 is 1. The summed E-state index contributed by atoms with van der Waals surface area (Å²) in [6, 6.07) is 0. The van der Waals surface area contributed by atoms with Crippen molar-refractivity contribution in [3.05, 3.63) is 15.9 Å². The van der Waals surface area contributed by atoms with Crippen molar-refractivity contribution in [3.63, 3.8) is 0 Å². The van der Waals surface area contributed by atoms with Gasteiger partial charge in [0.25, 0.3) is 11.3 Å². The second kappa shape index (κ2) is 2.72. The molecule has 0 aliphatic carbocycles. The second-order valence-electron chi connectivity index (χ2n) is 2.80. The summed E-state index contributed by atoms with van der Waals surface area (Å²) in [6.45, 7) is 1.62. The molecule has 14 heavy (non-hydrogen) atoms. The molecule has 2 aromatic rings. The summed E-state index contributed by atoms with van der Waals surface area (Å²) in [4.78, 5) is 19.4. The average Bonchev–Trinajstić information content (AvgIpc) is 2.52. The van der Waals surface area contributed by atoms with E-state index in [0.29, 0.717) is 5.56 Å². The predicted molar refractivity (Wildman–Crippen MR) is 49.3 cm³/mol. The third kappa shape index (κ3) is 1.02.